The molecule has 0 fully saturated rings. The maximum absolute atomic E-state index is 13.1. The quantitative estimate of drug-likeness (QED) is 0.0250. The fraction of sp³-hybridized carbons (Fsp3) is 0.714. The van der Waals surface area contributed by atoms with Gasteiger partial charge in [0.2, 0.25) is 5.91 Å². The number of carbonyl (C=O) groups is 2. The maximum atomic E-state index is 13.1. The summed E-state index contributed by atoms with van der Waals surface area (Å²) in [5.41, 5.74) is 0. The van der Waals surface area contributed by atoms with Crippen LogP contribution in [0.5, 0.6) is 0 Å². The maximum Gasteiger partial charge on any atom is 0.306 e. The van der Waals surface area contributed by atoms with Gasteiger partial charge in [0.05, 0.1) is 25.2 Å². The minimum absolute atomic E-state index is 0.0226. The molecule has 0 aromatic rings. The van der Waals surface area contributed by atoms with Crippen LogP contribution in [-0.2, 0) is 14.3 Å². The highest BCUT2D eigenvalue weighted by atomic mass is 16.5. The Labute approximate surface area is 339 Å². The van der Waals surface area contributed by atoms with Gasteiger partial charge in [-0.15, -0.1) is 0 Å². The van der Waals surface area contributed by atoms with Gasteiger partial charge in [-0.2, -0.15) is 0 Å². The first-order valence-electron chi connectivity index (χ1n) is 22.7. The molecule has 0 saturated carbocycles. The normalized spacial score (nSPS) is 14.1. The number of carbonyl (C=O) groups excluding carboxylic acids is 2. The summed E-state index contributed by atoms with van der Waals surface area (Å²) in [5, 5.41) is 23.6. The molecule has 6 heteroatoms. The van der Waals surface area contributed by atoms with Gasteiger partial charge >= 0.3 is 5.97 Å². The molecule has 0 aliphatic rings. The van der Waals surface area contributed by atoms with Crippen molar-refractivity contribution in [3.8, 4) is 0 Å². The van der Waals surface area contributed by atoms with E-state index in [9.17, 15) is 19.8 Å². The third-order valence-corrected chi connectivity index (χ3v) is 9.90. The molecule has 55 heavy (non-hydrogen) atoms. The number of unbranched alkanes of at least 4 members (excludes halogenated alkanes) is 19. The molecule has 3 N–H and O–H groups in total. The molecule has 3 atom stereocenters. The minimum atomic E-state index is -0.808. The SMILES string of the molecule is CC/C=C/C=C/C=C\C=C/C=C/CCCC(CC(=O)NC(CO)C(O)CCCCCCCCCCCCC)OC(=O)CCCCCCC/C=C\CCCCC. The van der Waals surface area contributed by atoms with Gasteiger partial charge < -0.3 is 20.3 Å². The van der Waals surface area contributed by atoms with Crippen molar-refractivity contribution in [2.45, 2.75) is 219 Å². The number of nitrogens with one attached hydrogen (secondary N) is 1. The molecule has 0 aromatic heterocycles. The van der Waals surface area contributed by atoms with Crippen molar-refractivity contribution in [2.75, 3.05) is 6.61 Å². The van der Waals surface area contributed by atoms with E-state index in [1.165, 1.54) is 89.9 Å². The molecule has 1 amide bonds. The third kappa shape index (κ3) is 38.0. The standard InChI is InChI=1S/C49H85NO5/c1-4-7-10-13-16-19-22-24-26-28-31-34-37-40-45(55-49(54)42-39-36-33-30-27-23-20-17-14-11-8-5-2)43-48(53)50-46(44-51)47(52)41-38-35-32-29-25-21-18-15-12-9-6-3/h7,10,13,16-17,19-20,22,24,26,28,31,45-47,51-52H,4-6,8-9,11-12,14-15,18,21,23,25,27,29-30,32-44H2,1-3H3,(H,50,53)/b10-7+,16-13+,20-17-,22-19-,26-24-,31-28+. The lowest BCUT2D eigenvalue weighted by molar-refractivity contribution is -0.151. The zero-order chi connectivity index (χ0) is 40.3. The van der Waals surface area contributed by atoms with Crippen LogP contribution in [0.2, 0.25) is 0 Å². The predicted octanol–water partition coefficient (Wildman–Crippen LogP) is 13.1. The number of aliphatic hydroxyl groups excluding tert-OH is 2. The van der Waals surface area contributed by atoms with Crippen molar-refractivity contribution in [3.05, 3.63) is 72.9 Å². The van der Waals surface area contributed by atoms with E-state index < -0.39 is 18.2 Å². The van der Waals surface area contributed by atoms with Crippen LogP contribution in [0.3, 0.4) is 0 Å². The average molecular weight is 768 g/mol. The van der Waals surface area contributed by atoms with E-state index in [2.05, 4.69) is 50.4 Å². The fourth-order valence-electron chi connectivity index (χ4n) is 6.45. The van der Waals surface area contributed by atoms with Crippen LogP contribution < -0.4 is 5.32 Å². The van der Waals surface area contributed by atoms with Crippen LogP contribution in [0.15, 0.2) is 72.9 Å². The lowest BCUT2D eigenvalue weighted by Gasteiger charge is -2.24. The van der Waals surface area contributed by atoms with Gasteiger partial charge in [-0.3, -0.25) is 9.59 Å². The Balaban J connectivity index is 4.76. The van der Waals surface area contributed by atoms with Crippen LogP contribution in [-0.4, -0.2) is 46.9 Å². The summed E-state index contributed by atoms with van der Waals surface area (Å²) in [5.74, 6) is -0.564. The first-order chi connectivity index (χ1) is 27.0. The lowest BCUT2D eigenvalue weighted by atomic mass is 10.0. The smallest absolute Gasteiger partial charge is 0.306 e. The zero-order valence-electron chi connectivity index (χ0n) is 35.8. The monoisotopic (exact) mass is 768 g/mol. The number of esters is 1. The Kier molecular flexibility index (Phi) is 40.4. The molecular formula is C49H85NO5. The van der Waals surface area contributed by atoms with Gasteiger partial charge in [-0.25, -0.2) is 0 Å². The molecule has 0 aromatic carbocycles. The molecule has 0 bridgehead atoms. The second-order valence-electron chi connectivity index (χ2n) is 15.2. The highest BCUT2D eigenvalue weighted by molar-refractivity contribution is 5.77. The summed E-state index contributed by atoms with van der Waals surface area (Å²) < 4.78 is 5.86. The Hall–Kier alpha value is -2.70. The number of ether oxygens (including phenoxy) is 1. The van der Waals surface area contributed by atoms with Crippen molar-refractivity contribution in [1.29, 1.82) is 0 Å². The van der Waals surface area contributed by atoms with E-state index in [4.69, 9.17) is 4.74 Å². The number of aliphatic hydroxyl groups is 2. The van der Waals surface area contributed by atoms with Gasteiger partial charge in [0, 0.05) is 6.42 Å². The van der Waals surface area contributed by atoms with E-state index in [1.807, 2.05) is 48.6 Å². The van der Waals surface area contributed by atoms with Crippen LogP contribution in [0.25, 0.3) is 0 Å². The van der Waals surface area contributed by atoms with Crippen molar-refractivity contribution in [3.63, 3.8) is 0 Å². The molecule has 6 nitrogen and oxygen atoms in total. The van der Waals surface area contributed by atoms with E-state index in [0.29, 0.717) is 19.3 Å². The first-order valence-corrected chi connectivity index (χ1v) is 22.7. The van der Waals surface area contributed by atoms with Crippen LogP contribution in [0.4, 0.5) is 0 Å². The number of allylic oxidation sites excluding steroid dienone is 12. The number of amides is 1. The van der Waals surface area contributed by atoms with Gasteiger partial charge in [-0.1, -0.05) is 196 Å². The molecule has 0 radical (unpaired) electrons. The lowest BCUT2D eigenvalue weighted by Crippen LogP contribution is -2.46. The number of hydrogen-bond acceptors (Lipinski definition) is 5. The molecule has 0 saturated heterocycles. The third-order valence-electron chi connectivity index (χ3n) is 9.90. The average Bonchev–Trinajstić information content (AvgIpc) is 3.18. The Bertz CT molecular complexity index is 1040. The van der Waals surface area contributed by atoms with E-state index >= 15 is 0 Å². The minimum Gasteiger partial charge on any atom is -0.462 e. The summed E-state index contributed by atoms with van der Waals surface area (Å²) in [6.07, 6.45) is 52.5. The van der Waals surface area contributed by atoms with Crippen LogP contribution in [0.1, 0.15) is 201 Å². The van der Waals surface area contributed by atoms with Crippen LogP contribution in [0, 0.1) is 0 Å². The van der Waals surface area contributed by atoms with Gasteiger partial charge in [0.15, 0.2) is 0 Å². The molecule has 0 aliphatic carbocycles. The summed E-state index contributed by atoms with van der Waals surface area (Å²) in [4.78, 5) is 25.9. The second kappa shape index (κ2) is 42.4. The number of rotatable bonds is 39. The molecule has 0 rings (SSSR count). The van der Waals surface area contributed by atoms with E-state index in [-0.39, 0.29) is 24.9 Å². The van der Waals surface area contributed by atoms with Gasteiger partial charge in [-0.05, 0) is 64.2 Å². The van der Waals surface area contributed by atoms with Crippen LogP contribution >= 0.6 is 0 Å². The Morgan fingerprint density at radius 1 is 0.545 bits per heavy atom. The molecule has 0 aliphatic heterocycles. The van der Waals surface area contributed by atoms with Gasteiger partial charge in [0.1, 0.15) is 6.10 Å². The molecular weight excluding hydrogens is 683 g/mol. The fourth-order valence-corrected chi connectivity index (χ4v) is 6.45. The second-order valence-corrected chi connectivity index (χ2v) is 15.2. The molecule has 0 spiro atoms. The van der Waals surface area contributed by atoms with Crippen molar-refractivity contribution < 1.29 is 24.5 Å². The number of hydrogen-bond donors (Lipinski definition) is 3. The van der Waals surface area contributed by atoms with Crippen molar-refractivity contribution in [1.82, 2.24) is 5.32 Å². The zero-order valence-corrected chi connectivity index (χ0v) is 35.8. The van der Waals surface area contributed by atoms with E-state index in [0.717, 1.165) is 64.2 Å². The summed E-state index contributed by atoms with van der Waals surface area (Å²) in [6, 6.07) is -0.726. The molecule has 3 unspecified atom stereocenters. The van der Waals surface area contributed by atoms with Crippen molar-refractivity contribution in [2.24, 2.45) is 0 Å². The highest BCUT2D eigenvalue weighted by Crippen LogP contribution is 2.16. The van der Waals surface area contributed by atoms with E-state index in [1.54, 1.807) is 0 Å². The Morgan fingerprint density at radius 2 is 1.02 bits per heavy atom. The summed E-state index contributed by atoms with van der Waals surface area (Å²) >= 11 is 0. The first kappa shape index (κ1) is 52.3. The summed E-state index contributed by atoms with van der Waals surface area (Å²) in [6.45, 7) is 6.26. The van der Waals surface area contributed by atoms with Gasteiger partial charge in [0.25, 0.3) is 0 Å². The summed E-state index contributed by atoms with van der Waals surface area (Å²) in [7, 11) is 0. The highest BCUT2D eigenvalue weighted by Gasteiger charge is 2.24. The largest absolute Gasteiger partial charge is 0.462 e. The molecule has 316 valence electrons. The predicted molar refractivity (Wildman–Crippen MR) is 236 cm³/mol. The Morgan fingerprint density at radius 3 is 1.60 bits per heavy atom. The van der Waals surface area contributed by atoms with Crippen molar-refractivity contribution >= 4 is 11.9 Å². The topological polar surface area (TPSA) is 95.9 Å². The molecule has 0 heterocycles.